The molecule has 0 saturated carbocycles. The maximum Gasteiger partial charge on any atom is 0.242 e. The molecule has 3 N–H and O–H groups in total. The van der Waals surface area contributed by atoms with E-state index in [1.54, 1.807) is 24.3 Å². The number of carbonyl (C=O) groups excluding carboxylic acids is 1. The Hall–Kier alpha value is -1.93. The van der Waals surface area contributed by atoms with Gasteiger partial charge in [0, 0.05) is 26.6 Å². The number of hydrogen-bond donors (Lipinski definition) is 2. The largest absolute Gasteiger partial charge is 0.350 e. The van der Waals surface area contributed by atoms with Crippen LogP contribution >= 0.6 is 12.4 Å². The molecule has 2 aromatic rings. The molecule has 0 aromatic heterocycles. The predicted molar refractivity (Wildman–Crippen MR) is 109 cm³/mol. The molecule has 0 aliphatic heterocycles. The number of hydrogen-bond acceptors (Lipinski definition) is 4. The summed E-state index contributed by atoms with van der Waals surface area (Å²) in [5.41, 5.74) is 7.81. The van der Waals surface area contributed by atoms with Crippen LogP contribution in [0.1, 0.15) is 36.6 Å². The van der Waals surface area contributed by atoms with Crippen LogP contribution in [-0.4, -0.2) is 32.7 Å². The number of sulfonamides is 1. The van der Waals surface area contributed by atoms with Gasteiger partial charge in [-0.2, -0.15) is 0 Å². The highest BCUT2D eigenvalue weighted by Gasteiger charge is 2.18. The number of nitrogens with zero attached hydrogens (tertiary/aromatic N) is 1. The van der Waals surface area contributed by atoms with E-state index in [0.717, 1.165) is 15.4 Å². The second kappa shape index (κ2) is 9.85. The number of amides is 1. The normalized spacial score (nSPS) is 13.5. The molecule has 2 atom stereocenters. The molecule has 148 valence electrons. The lowest BCUT2D eigenvalue weighted by Crippen LogP contribution is -2.29. The Morgan fingerprint density at radius 3 is 2.11 bits per heavy atom. The van der Waals surface area contributed by atoms with E-state index >= 15 is 0 Å². The first-order valence-electron chi connectivity index (χ1n) is 8.34. The Kier molecular flexibility index (Phi) is 8.43. The van der Waals surface area contributed by atoms with Gasteiger partial charge in [0.05, 0.1) is 10.9 Å². The van der Waals surface area contributed by atoms with Crippen LogP contribution in [0.3, 0.4) is 0 Å². The summed E-state index contributed by atoms with van der Waals surface area (Å²) in [7, 11) is -0.483. The summed E-state index contributed by atoms with van der Waals surface area (Å²) in [6.45, 7) is 1.85. The van der Waals surface area contributed by atoms with Gasteiger partial charge in [-0.3, -0.25) is 4.79 Å². The van der Waals surface area contributed by atoms with Gasteiger partial charge >= 0.3 is 0 Å². The molecule has 2 rings (SSSR count). The number of benzene rings is 2. The van der Waals surface area contributed by atoms with Crippen molar-refractivity contribution in [1.29, 1.82) is 0 Å². The molecule has 0 bridgehead atoms. The molecule has 0 heterocycles. The first kappa shape index (κ1) is 23.1. The molecule has 0 radical (unpaired) electrons. The van der Waals surface area contributed by atoms with Crippen molar-refractivity contribution in [1.82, 2.24) is 9.62 Å². The van der Waals surface area contributed by atoms with Gasteiger partial charge in [0.2, 0.25) is 15.9 Å². The van der Waals surface area contributed by atoms with Crippen molar-refractivity contribution < 1.29 is 13.2 Å². The summed E-state index contributed by atoms with van der Waals surface area (Å²) in [5.74, 6) is -0.154. The van der Waals surface area contributed by atoms with Crippen molar-refractivity contribution in [3.63, 3.8) is 0 Å². The second-order valence-electron chi connectivity index (χ2n) is 6.37. The lowest BCUT2D eigenvalue weighted by molar-refractivity contribution is -0.122. The van der Waals surface area contributed by atoms with E-state index in [1.807, 2.05) is 37.3 Å². The van der Waals surface area contributed by atoms with Gasteiger partial charge in [0.1, 0.15) is 0 Å². The monoisotopic (exact) mass is 411 g/mol. The second-order valence-corrected chi connectivity index (χ2v) is 8.52. The summed E-state index contributed by atoms with van der Waals surface area (Å²) in [4.78, 5) is 12.5. The van der Waals surface area contributed by atoms with Gasteiger partial charge in [-0.25, -0.2) is 12.7 Å². The molecule has 0 aliphatic carbocycles. The molecule has 2 unspecified atom stereocenters. The molecule has 1 amide bonds. The number of rotatable bonds is 7. The highest BCUT2D eigenvalue weighted by atomic mass is 35.5. The van der Waals surface area contributed by atoms with E-state index in [4.69, 9.17) is 5.73 Å². The van der Waals surface area contributed by atoms with Crippen LogP contribution in [0.25, 0.3) is 0 Å². The summed E-state index contributed by atoms with van der Waals surface area (Å²) in [6, 6.07) is 15.4. The smallest absolute Gasteiger partial charge is 0.242 e. The van der Waals surface area contributed by atoms with Crippen molar-refractivity contribution >= 4 is 28.3 Å². The molecule has 0 fully saturated rings. The van der Waals surface area contributed by atoms with Gasteiger partial charge in [-0.1, -0.05) is 42.5 Å². The molecule has 0 saturated heterocycles. The van der Waals surface area contributed by atoms with Crippen LogP contribution in [0.4, 0.5) is 0 Å². The lowest BCUT2D eigenvalue weighted by atomic mass is 10.0. The van der Waals surface area contributed by atoms with Gasteiger partial charge in [0.25, 0.3) is 0 Å². The molecular weight excluding hydrogens is 386 g/mol. The number of nitrogens with two attached hydrogens (primary N) is 1. The van der Waals surface area contributed by atoms with E-state index in [0.29, 0.717) is 0 Å². The third-order valence-electron chi connectivity index (χ3n) is 4.17. The summed E-state index contributed by atoms with van der Waals surface area (Å²) < 4.78 is 25.3. The van der Waals surface area contributed by atoms with Crippen LogP contribution in [0, 0.1) is 0 Å². The minimum Gasteiger partial charge on any atom is -0.350 e. The summed E-state index contributed by atoms with van der Waals surface area (Å²) in [6.07, 6.45) is 0.182. The van der Waals surface area contributed by atoms with Gasteiger partial charge in [-0.15, -0.1) is 12.4 Å². The Balaban J connectivity index is 0.00000364. The Bertz CT molecular complexity index is 840. The predicted octanol–water partition coefficient (Wildman–Crippen LogP) is 2.63. The van der Waals surface area contributed by atoms with Gasteiger partial charge in [0.15, 0.2) is 0 Å². The third-order valence-corrected chi connectivity index (χ3v) is 6.00. The Morgan fingerprint density at radius 2 is 1.59 bits per heavy atom. The van der Waals surface area contributed by atoms with Crippen LogP contribution < -0.4 is 11.1 Å². The minimum atomic E-state index is -3.46. The van der Waals surface area contributed by atoms with Crippen LogP contribution in [-0.2, 0) is 14.8 Å². The van der Waals surface area contributed by atoms with Gasteiger partial charge < -0.3 is 11.1 Å². The SMILES string of the molecule is CC(NC(=O)CC(N)c1ccccc1)c1ccc(S(=O)(=O)N(C)C)cc1.Cl. The fraction of sp³-hybridized carbons (Fsp3) is 0.316. The van der Waals surface area contributed by atoms with Crippen molar-refractivity contribution in [2.45, 2.75) is 30.3 Å². The highest BCUT2D eigenvalue weighted by Crippen LogP contribution is 2.19. The van der Waals surface area contributed by atoms with E-state index in [2.05, 4.69) is 5.32 Å². The molecule has 8 heteroatoms. The fourth-order valence-electron chi connectivity index (χ4n) is 2.54. The zero-order chi connectivity index (χ0) is 19.3. The maximum absolute atomic E-state index is 12.2. The van der Waals surface area contributed by atoms with Crippen molar-refractivity contribution in [2.24, 2.45) is 5.73 Å². The average Bonchev–Trinajstić information content (AvgIpc) is 2.62. The third kappa shape index (κ3) is 6.04. The van der Waals surface area contributed by atoms with Gasteiger partial charge in [-0.05, 0) is 30.2 Å². The number of carbonyl (C=O) groups is 1. The first-order valence-corrected chi connectivity index (χ1v) is 9.78. The van der Waals surface area contributed by atoms with Crippen molar-refractivity contribution in [3.05, 3.63) is 65.7 Å². The molecular formula is C19H26ClN3O3S. The van der Waals surface area contributed by atoms with E-state index in [1.165, 1.54) is 14.1 Å². The highest BCUT2D eigenvalue weighted by molar-refractivity contribution is 7.89. The van der Waals surface area contributed by atoms with Crippen molar-refractivity contribution in [2.75, 3.05) is 14.1 Å². The number of nitrogens with one attached hydrogen (secondary N) is 1. The lowest BCUT2D eigenvalue weighted by Gasteiger charge is -2.18. The van der Waals surface area contributed by atoms with E-state index in [9.17, 15) is 13.2 Å². The Labute approximate surface area is 167 Å². The van der Waals surface area contributed by atoms with E-state index in [-0.39, 0.29) is 41.7 Å². The molecule has 0 spiro atoms. The topological polar surface area (TPSA) is 92.5 Å². The van der Waals surface area contributed by atoms with Crippen LogP contribution in [0.5, 0.6) is 0 Å². The maximum atomic E-state index is 12.2. The molecule has 27 heavy (non-hydrogen) atoms. The molecule has 6 nitrogen and oxygen atoms in total. The average molecular weight is 412 g/mol. The number of halogens is 1. The zero-order valence-corrected chi connectivity index (χ0v) is 17.3. The van der Waals surface area contributed by atoms with Crippen molar-refractivity contribution in [3.8, 4) is 0 Å². The van der Waals surface area contributed by atoms with E-state index < -0.39 is 10.0 Å². The summed E-state index contributed by atoms with van der Waals surface area (Å²) >= 11 is 0. The summed E-state index contributed by atoms with van der Waals surface area (Å²) in [5, 5.41) is 2.90. The molecule has 0 aliphatic rings. The minimum absolute atomic E-state index is 0. The standard InChI is InChI=1S/C19H25N3O3S.ClH/c1-14(15-9-11-17(12-10-15)26(24,25)22(2)3)21-19(23)13-18(20)16-7-5-4-6-8-16;/h4-12,14,18H,13,20H2,1-3H3,(H,21,23);1H. The molecule has 2 aromatic carbocycles. The fourth-order valence-corrected chi connectivity index (χ4v) is 3.44. The zero-order valence-electron chi connectivity index (χ0n) is 15.6. The Morgan fingerprint density at radius 1 is 1.04 bits per heavy atom. The van der Waals surface area contributed by atoms with Crippen LogP contribution in [0.15, 0.2) is 59.5 Å². The quantitative estimate of drug-likeness (QED) is 0.732. The van der Waals surface area contributed by atoms with Crippen LogP contribution in [0.2, 0.25) is 0 Å². The first-order chi connectivity index (χ1) is 12.2.